The molecule has 3 rings (SSSR count). The summed E-state index contributed by atoms with van der Waals surface area (Å²) in [5.41, 5.74) is 0. The van der Waals surface area contributed by atoms with Crippen LogP contribution in [0.2, 0.25) is 0 Å². The lowest BCUT2D eigenvalue weighted by Gasteiger charge is -2.29. The minimum atomic E-state index is 0.255. The summed E-state index contributed by atoms with van der Waals surface area (Å²) in [6.45, 7) is 5.94. The molecule has 4 nitrogen and oxygen atoms in total. The van der Waals surface area contributed by atoms with E-state index >= 15 is 0 Å². The number of nitrogens with one attached hydrogen (secondary N) is 2. The van der Waals surface area contributed by atoms with E-state index in [0.717, 1.165) is 32.4 Å². The summed E-state index contributed by atoms with van der Waals surface area (Å²) in [7, 11) is 0. The zero-order chi connectivity index (χ0) is 15.7. The lowest BCUT2D eigenvalue weighted by Crippen LogP contribution is -2.36. The predicted octanol–water partition coefficient (Wildman–Crippen LogP) is 2.34. The van der Waals surface area contributed by atoms with Crippen LogP contribution in [-0.2, 0) is 9.59 Å². The van der Waals surface area contributed by atoms with Crippen LogP contribution in [0.1, 0.15) is 52.4 Å². The summed E-state index contributed by atoms with van der Waals surface area (Å²) < 4.78 is 0. The third-order valence-corrected chi connectivity index (χ3v) is 5.91. The van der Waals surface area contributed by atoms with Gasteiger partial charge in [-0.2, -0.15) is 0 Å². The minimum absolute atomic E-state index is 0.255. The minimum Gasteiger partial charge on any atom is -0.356 e. The molecule has 3 fully saturated rings. The Kier molecular flexibility index (Phi) is 4.74. The lowest BCUT2D eigenvalue weighted by atomic mass is 9.81. The maximum atomic E-state index is 11.9. The van der Waals surface area contributed by atoms with E-state index in [0.29, 0.717) is 23.7 Å². The molecule has 3 aliphatic carbocycles. The first-order valence-electron chi connectivity index (χ1n) is 9.10. The van der Waals surface area contributed by atoms with Crippen LogP contribution < -0.4 is 10.6 Å². The highest BCUT2D eigenvalue weighted by Crippen LogP contribution is 2.38. The summed E-state index contributed by atoms with van der Waals surface area (Å²) in [6, 6.07) is 0. The van der Waals surface area contributed by atoms with E-state index in [1.54, 1.807) is 0 Å². The Labute approximate surface area is 133 Å². The molecule has 0 radical (unpaired) electrons. The third-order valence-electron chi connectivity index (χ3n) is 5.91. The van der Waals surface area contributed by atoms with Crippen molar-refractivity contribution in [3.63, 3.8) is 0 Å². The Morgan fingerprint density at radius 2 is 1.23 bits per heavy atom. The fraction of sp³-hybridized carbons (Fsp3) is 0.889. The summed E-state index contributed by atoms with van der Waals surface area (Å²) in [5.74, 6) is 3.41. The fourth-order valence-electron chi connectivity index (χ4n) is 3.90. The zero-order valence-electron chi connectivity index (χ0n) is 13.9. The molecule has 0 bridgehead atoms. The van der Waals surface area contributed by atoms with Gasteiger partial charge in [-0.3, -0.25) is 9.59 Å². The molecule has 0 aromatic rings. The lowest BCUT2D eigenvalue weighted by molar-refractivity contribution is -0.123. The Hall–Kier alpha value is -1.06. The van der Waals surface area contributed by atoms with E-state index in [-0.39, 0.29) is 23.7 Å². The van der Waals surface area contributed by atoms with Crippen LogP contribution in [0.15, 0.2) is 0 Å². The quantitative estimate of drug-likeness (QED) is 0.791. The van der Waals surface area contributed by atoms with E-state index < -0.39 is 0 Å². The first-order valence-corrected chi connectivity index (χ1v) is 9.10. The average Bonchev–Trinajstić information content (AvgIpc) is 3.41. The maximum absolute atomic E-state index is 11.9. The van der Waals surface area contributed by atoms with E-state index in [1.807, 2.05) is 0 Å². The Balaban J connectivity index is 1.34. The van der Waals surface area contributed by atoms with Crippen LogP contribution >= 0.6 is 0 Å². The van der Waals surface area contributed by atoms with Crippen molar-refractivity contribution in [2.75, 3.05) is 13.1 Å². The van der Waals surface area contributed by atoms with Crippen LogP contribution in [0, 0.1) is 35.5 Å². The molecule has 0 aliphatic heterocycles. The number of carbonyl (C=O) groups excluding carboxylic acids is 2. The van der Waals surface area contributed by atoms with Crippen molar-refractivity contribution in [3.8, 4) is 0 Å². The van der Waals surface area contributed by atoms with Crippen LogP contribution in [0.5, 0.6) is 0 Å². The molecule has 3 aliphatic rings. The SMILES string of the molecule is C[C@@H]1C[C@H]1C(=O)NC[C@@H]1CCC[C@@H](CNC(=O)[C@@H]2C[C@@H]2C)C1. The van der Waals surface area contributed by atoms with Gasteiger partial charge in [0.15, 0.2) is 0 Å². The number of hydrogen-bond donors (Lipinski definition) is 2. The summed E-state index contributed by atoms with van der Waals surface area (Å²) in [6.07, 6.45) is 6.91. The van der Waals surface area contributed by atoms with Crippen molar-refractivity contribution in [2.24, 2.45) is 35.5 Å². The Bertz CT molecular complexity index is 399. The number of carbonyl (C=O) groups is 2. The van der Waals surface area contributed by atoms with Gasteiger partial charge in [-0.15, -0.1) is 0 Å². The highest BCUT2D eigenvalue weighted by atomic mass is 16.2. The molecular weight excluding hydrogens is 276 g/mol. The Morgan fingerprint density at radius 3 is 1.59 bits per heavy atom. The van der Waals surface area contributed by atoms with E-state index in [1.165, 1.54) is 19.3 Å². The molecule has 0 unspecified atom stereocenters. The highest BCUT2D eigenvalue weighted by molar-refractivity contribution is 5.81. The molecule has 0 aromatic heterocycles. The van der Waals surface area contributed by atoms with Gasteiger partial charge in [0.05, 0.1) is 0 Å². The molecule has 124 valence electrons. The first kappa shape index (κ1) is 15.8. The molecule has 0 aromatic carbocycles. The summed E-state index contributed by atoms with van der Waals surface area (Å²) in [4.78, 5) is 23.8. The van der Waals surface area contributed by atoms with Gasteiger partial charge >= 0.3 is 0 Å². The van der Waals surface area contributed by atoms with Gasteiger partial charge in [0, 0.05) is 24.9 Å². The summed E-state index contributed by atoms with van der Waals surface area (Å²) in [5, 5.41) is 6.28. The van der Waals surface area contributed by atoms with Gasteiger partial charge in [-0.1, -0.05) is 20.3 Å². The van der Waals surface area contributed by atoms with Gasteiger partial charge in [-0.25, -0.2) is 0 Å². The van der Waals surface area contributed by atoms with Crippen molar-refractivity contribution in [2.45, 2.75) is 52.4 Å². The first-order chi connectivity index (χ1) is 10.5. The predicted molar refractivity (Wildman–Crippen MR) is 86.0 cm³/mol. The third kappa shape index (κ3) is 4.02. The maximum Gasteiger partial charge on any atom is 0.223 e. The van der Waals surface area contributed by atoms with Crippen molar-refractivity contribution >= 4 is 11.8 Å². The standard InChI is InChI=1S/C18H30N2O2/c1-11-6-15(11)17(21)19-9-13-4-3-5-14(8-13)10-20-18(22)16-7-12(16)2/h11-16H,3-10H2,1-2H3,(H,19,21)(H,20,22)/t11-,12+,13-,14-,15-,16-/m1/s1. The second-order valence-electron chi connectivity index (χ2n) is 8.03. The van der Waals surface area contributed by atoms with Crippen LogP contribution in [0.4, 0.5) is 0 Å². The zero-order valence-corrected chi connectivity index (χ0v) is 13.9. The fourth-order valence-corrected chi connectivity index (χ4v) is 3.90. The normalized spacial score (nSPS) is 39.9. The van der Waals surface area contributed by atoms with E-state index in [9.17, 15) is 9.59 Å². The number of hydrogen-bond acceptors (Lipinski definition) is 2. The molecule has 3 saturated carbocycles. The summed E-state index contributed by atoms with van der Waals surface area (Å²) >= 11 is 0. The van der Waals surface area contributed by atoms with Gasteiger partial charge in [-0.05, 0) is 55.8 Å². The molecule has 4 heteroatoms. The molecule has 0 spiro atoms. The van der Waals surface area contributed by atoms with Crippen molar-refractivity contribution in [1.29, 1.82) is 0 Å². The van der Waals surface area contributed by atoms with Crippen molar-refractivity contribution in [3.05, 3.63) is 0 Å². The van der Waals surface area contributed by atoms with Crippen LogP contribution in [0.3, 0.4) is 0 Å². The van der Waals surface area contributed by atoms with Crippen molar-refractivity contribution in [1.82, 2.24) is 10.6 Å². The molecule has 6 atom stereocenters. The largest absolute Gasteiger partial charge is 0.356 e. The van der Waals surface area contributed by atoms with Gasteiger partial charge in [0.2, 0.25) is 11.8 Å². The Morgan fingerprint density at radius 1 is 0.818 bits per heavy atom. The second-order valence-corrected chi connectivity index (χ2v) is 8.03. The molecule has 2 amide bonds. The topological polar surface area (TPSA) is 58.2 Å². The average molecular weight is 306 g/mol. The molecule has 2 N–H and O–H groups in total. The van der Waals surface area contributed by atoms with Crippen molar-refractivity contribution < 1.29 is 9.59 Å². The molecule has 0 heterocycles. The number of amides is 2. The molecular formula is C18H30N2O2. The smallest absolute Gasteiger partial charge is 0.223 e. The van der Waals surface area contributed by atoms with Crippen LogP contribution in [0.25, 0.3) is 0 Å². The second kappa shape index (κ2) is 6.59. The van der Waals surface area contributed by atoms with Crippen LogP contribution in [-0.4, -0.2) is 24.9 Å². The van der Waals surface area contributed by atoms with E-state index in [4.69, 9.17) is 0 Å². The van der Waals surface area contributed by atoms with Gasteiger partial charge < -0.3 is 10.6 Å². The number of rotatable bonds is 6. The molecule has 0 saturated heterocycles. The monoisotopic (exact) mass is 306 g/mol. The van der Waals surface area contributed by atoms with Gasteiger partial charge in [0.25, 0.3) is 0 Å². The van der Waals surface area contributed by atoms with E-state index in [2.05, 4.69) is 24.5 Å². The molecule has 22 heavy (non-hydrogen) atoms. The highest BCUT2D eigenvalue weighted by Gasteiger charge is 2.40. The van der Waals surface area contributed by atoms with Gasteiger partial charge in [0.1, 0.15) is 0 Å².